The molecular weight excluding hydrogens is 1080 g/mol. The van der Waals surface area contributed by atoms with Gasteiger partial charge in [-0.2, -0.15) is 0 Å². The third kappa shape index (κ3) is 21.1. The number of epoxide rings is 1. The van der Waals surface area contributed by atoms with Crippen LogP contribution in [0.2, 0.25) is 0 Å². The van der Waals surface area contributed by atoms with Gasteiger partial charge in [0.25, 0.3) is 0 Å². The Balaban J connectivity index is 1.58. The van der Waals surface area contributed by atoms with Gasteiger partial charge in [0.05, 0.1) is 92.6 Å². The zero-order valence-corrected chi connectivity index (χ0v) is 50.3. The van der Waals surface area contributed by atoms with E-state index in [9.17, 15) is 70.6 Å². The van der Waals surface area contributed by atoms with Crippen LogP contribution in [0, 0.1) is 35.5 Å². The smallest absolute Gasteiger partial charge is 0.330 e. The first-order chi connectivity index (χ1) is 38.6. The van der Waals surface area contributed by atoms with Crippen LogP contribution in [0.25, 0.3) is 0 Å². The Labute approximate surface area is 484 Å². The first-order valence-corrected chi connectivity index (χ1v) is 30.0. The van der Waals surface area contributed by atoms with E-state index in [-0.39, 0.29) is 95.4 Å². The van der Waals surface area contributed by atoms with E-state index >= 15 is 0 Å². The zero-order chi connectivity index (χ0) is 61.3. The number of hydrogen-bond acceptors (Lipinski definition) is 23. The van der Waals surface area contributed by atoms with Crippen molar-refractivity contribution >= 4 is 17.9 Å². The molecule has 0 aliphatic carbocycles. The lowest BCUT2D eigenvalue weighted by Crippen LogP contribution is -2.59. The summed E-state index contributed by atoms with van der Waals surface area (Å²) in [5.41, 5.74) is 0. The molecule has 27 atom stereocenters. The minimum absolute atomic E-state index is 0.0781. The van der Waals surface area contributed by atoms with Crippen LogP contribution in [0.15, 0.2) is 12.2 Å². The highest BCUT2D eigenvalue weighted by molar-refractivity contribution is 5.94. The van der Waals surface area contributed by atoms with E-state index in [1.165, 1.54) is 6.08 Å². The molecule has 2 bridgehead atoms. The van der Waals surface area contributed by atoms with Gasteiger partial charge >= 0.3 is 17.9 Å². The van der Waals surface area contributed by atoms with E-state index in [1.807, 2.05) is 13.8 Å². The number of rotatable bonds is 16. The molecule has 82 heavy (non-hydrogen) atoms. The molecule has 0 spiro atoms. The molecule has 0 aromatic carbocycles. The molecule has 4 aliphatic heterocycles. The maximum absolute atomic E-state index is 13.7. The molecule has 4 rings (SSSR count). The summed E-state index contributed by atoms with van der Waals surface area (Å²) < 4.78 is 52.5. The van der Waals surface area contributed by atoms with Gasteiger partial charge in [0.15, 0.2) is 18.0 Å². The predicted octanol–water partition coefficient (Wildman–Crippen LogP) is 2.25. The second kappa shape index (κ2) is 34.1. The topological polar surface area (TPSA) is 360 Å². The molecule has 11 N–H and O–H groups in total. The van der Waals surface area contributed by atoms with Crippen molar-refractivity contribution in [3.63, 3.8) is 0 Å². The monoisotopic (exact) mass is 1180 g/mol. The normalized spacial score (nSPS) is 40.5. The maximum Gasteiger partial charge on any atom is 0.330 e. The number of methoxy groups -OCH3 is 3. The van der Waals surface area contributed by atoms with Crippen LogP contribution in [-0.2, 0) is 57.0 Å². The van der Waals surface area contributed by atoms with E-state index in [0.717, 1.165) is 13.2 Å². The molecule has 3 fully saturated rings. The first kappa shape index (κ1) is 71.9. The van der Waals surface area contributed by atoms with Crippen LogP contribution in [0.3, 0.4) is 0 Å². The van der Waals surface area contributed by atoms with Gasteiger partial charge in [-0.25, -0.2) is 4.79 Å². The Morgan fingerprint density at radius 2 is 1.40 bits per heavy atom. The van der Waals surface area contributed by atoms with Crippen molar-refractivity contribution in [2.24, 2.45) is 35.5 Å². The van der Waals surface area contributed by atoms with E-state index < -0.39 is 170 Å². The van der Waals surface area contributed by atoms with Crippen molar-refractivity contribution in [3.8, 4) is 0 Å². The minimum Gasteiger partial charge on any atom is -0.468 e. The first-order valence-electron chi connectivity index (χ1n) is 30.0. The van der Waals surface area contributed by atoms with Crippen molar-refractivity contribution in [2.45, 2.75) is 286 Å². The van der Waals surface area contributed by atoms with E-state index in [1.54, 1.807) is 55.8 Å². The fourth-order valence-electron chi connectivity index (χ4n) is 12.2. The van der Waals surface area contributed by atoms with Crippen LogP contribution in [0.1, 0.15) is 158 Å². The zero-order valence-electron chi connectivity index (χ0n) is 50.3. The molecule has 23 unspecified atom stereocenters. The van der Waals surface area contributed by atoms with Gasteiger partial charge in [-0.15, -0.1) is 0 Å². The average Bonchev–Trinajstić information content (AvgIpc) is 4.25. The van der Waals surface area contributed by atoms with Gasteiger partial charge in [-0.05, 0) is 84.0 Å². The number of ether oxygens (including phenoxy) is 9. The predicted molar refractivity (Wildman–Crippen MR) is 295 cm³/mol. The van der Waals surface area contributed by atoms with Gasteiger partial charge in [0.1, 0.15) is 30.5 Å². The molecule has 4 aliphatic rings. The Hall–Kier alpha value is -2.53. The molecule has 23 nitrogen and oxygen atoms in total. The summed E-state index contributed by atoms with van der Waals surface area (Å²) in [6, 6.07) is 0. The van der Waals surface area contributed by atoms with Gasteiger partial charge < -0.3 is 98.8 Å². The minimum atomic E-state index is -2.46. The lowest BCUT2D eigenvalue weighted by molar-refractivity contribution is -0.333. The van der Waals surface area contributed by atoms with Crippen molar-refractivity contribution < 1.29 is 113 Å². The molecule has 0 aromatic heterocycles. The van der Waals surface area contributed by atoms with Gasteiger partial charge in [-0.1, -0.05) is 60.5 Å². The van der Waals surface area contributed by atoms with Crippen molar-refractivity contribution in [1.29, 1.82) is 0 Å². The second-order valence-electron chi connectivity index (χ2n) is 24.3. The standard InChI is InChI=1S/C59H104O23/c1-12-13-18-43(57(71)76-11)58(72)79-41-17-15-19-44(64)55-53(81-55)34(6)52(33(5)51(69)32(4)50(68)31(3)35(7)77-49-28-47(74-9)54(75-10)36(8)78-49)80-48(67)20-14-16-37(60)23-39(62)24-38(61)22-21-30(2)46(66)29-59(73)56(70)45(65)27-42(82-59)26-40(63)25-41/h14,20,30-47,49-56,60-66,68-70,73H,12-13,15-19,21-29H2,1-11H3/b20-14-/t30?,31?,32?,33?,34?,35?,36?,37?,38?,39?,40?,41?,42-,43?,44?,45+,46?,47?,49?,50?,51?,52?,53?,54?,55?,56-,59+/m1/s1. The van der Waals surface area contributed by atoms with Crippen LogP contribution in [0.5, 0.6) is 0 Å². The Morgan fingerprint density at radius 3 is 2.05 bits per heavy atom. The maximum atomic E-state index is 13.7. The molecule has 478 valence electrons. The van der Waals surface area contributed by atoms with E-state index in [0.29, 0.717) is 19.3 Å². The number of hydrogen-bond donors (Lipinski definition) is 11. The summed E-state index contributed by atoms with van der Waals surface area (Å²) in [4.78, 5) is 40.1. The summed E-state index contributed by atoms with van der Waals surface area (Å²) in [7, 11) is 4.33. The van der Waals surface area contributed by atoms with Gasteiger partial charge in [-0.3, -0.25) is 9.59 Å². The SMILES string of the molecule is CCCCC(C(=O)OC)C(=O)OC1CCCC(O)C2OC2C(C)C(C(C)C(O)C(C)C(O)C(C)C(C)OC2CC(OC)C(OC)C(C)O2)OC(=O)/C=C\CC(O)CC(O)CC(O)CCC(C)C(O)C[C@]2(O)O[C@H](CC(O)C1)C[C@H](O)[C@H]2O. The third-order valence-corrected chi connectivity index (χ3v) is 17.8. The number of cyclic esters (lactones) is 1. The van der Waals surface area contributed by atoms with Gasteiger partial charge in [0, 0.05) is 69.7 Å². The van der Waals surface area contributed by atoms with Crippen molar-refractivity contribution in [3.05, 3.63) is 12.2 Å². The molecular formula is C59H104O23. The highest BCUT2D eigenvalue weighted by Gasteiger charge is 2.53. The highest BCUT2D eigenvalue weighted by Crippen LogP contribution is 2.41. The number of aliphatic hydroxyl groups is 11. The lowest BCUT2D eigenvalue weighted by Gasteiger charge is -2.45. The summed E-state index contributed by atoms with van der Waals surface area (Å²) in [5.74, 6) is -9.57. The number of esters is 3. The number of fused-ring (bicyclic) bond motifs is 3. The molecule has 0 radical (unpaired) electrons. The molecule has 0 aromatic rings. The fourth-order valence-corrected chi connectivity index (χ4v) is 12.2. The van der Waals surface area contributed by atoms with Crippen molar-refractivity contribution in [2.75, 3.05) is 21.3 Å². The van der Waals surface area contributed by atoms with E-state index in [2.05, 4.69) is 0 Å². The number of aliphatic hydroxyl groups excluding tert-OH is 10. The van der Waals surface area contributed by atoms with Crippen molar-refractivity contribution in [1.82, 2.24) is 0 Å². The second-order valence-corrected chi connectivity index (χ2v) is 24.3. The lowest BCUT2D eigenvalue weighted by atomic mass is 9.77. The molecule has 23 heteroatoms. The Bertz CT molecular complexity index is 1910. The number of carbonyl (C=O) groups excluding carboxylic acids is 3. The Kier molecular flexibility index (Phi) is 29.9. The van der Waals surface area contributed by atoms with Crippen LogP contribution < -0.4 is 0 Å². The van der Waals surface area contributed by atoms with Crippen LogP contribution in [0.4, 0.5) is 0 Å². The fraction of sp³-hybridized carbons (Fsp3) is 0.915. The summed E-state index contributed by atoms with van der Waals surface area (Å²) in [5, 5.41) is 124. The summed E-state index contributed by atoms with van der Waals surface area (Å²) in [6.07, 6.45) is -16.1. The van der Waals surface area contributed by atoms with Crippen LogP contribution in [-0.4, -0.2) is 223 Å². The molecule has 4 heterocycles. The summed E-state index contributed by atoms with van der Waals surface area (Å²) in [6.45, 7) is 14.1. The summed E-state index contributed by atoms with van der Waals surface area (Å²) >= 11 is 0. The molecule has 0 saturated carbocycles. The van der Waals surface area contributed by atoms with Crippen LogP contribution >= 0.6 is 0 Å². The van der Waals surface area contributed by atoms with Gasteiger partial charge in [0.2, 0.25) is 0 Å². The highest BCUT2D eigenvalue weighted by atomic mass is 16.7. The third-order valence-electron chi connectivity index (χ3n) is 17.8. The average molecular weight is 1180 g/mol. The Morgan fingerprint density at radius 1 is 0.732 bits per heavy atom. The number of unbranched alkanes of at least 4 members (excludes halogenated alkanes) is 1. The largest absolute Gasteiger partial charge is 0.468 e. The quantitative estimate of drug-likeness (QED) is 0.0457. The van der Waals surface area contributed by atoms with E-state index in [4.69, 9.17) is 42.6 Å². The molecule has 0 amide bonds. The molecule has 3 saturated heterocycles. The number of carbonyl (C=O) groups is 3.